The maximum Gasteiger partial charge on any atom is 0.0846 e. The topological polar surface area (TPSA) is 15.6 Å². The number of hydrazone groups is 1. The van der Waals surface area contributed by atoms with Crippen LogP contribution in [0.3, 0.4) is 0 Å². The van der Waals surface area contributed by atoms with E-state index >= 15 is 0 Å². The number of hydrogen-bond acceptors (Lipinski definition) is 2. The molecule has 0 N–H and O–H groups in total. The largest absolute Gasteiger partial charge is 0.209 e. The number of hydrogen-bond donors (Lipinski definition) is 0. The molecule has 1 rings (SSSR count). The van der Waals surface area contributed by atoms with Crippen LogP contribution < -0.4 is 0 Å². The molecule has 0 aromatic rings. The second-order valence-corrected chi connectivity index (χ2v) is 2.24. The smallest absolute Gasteiger partial charge is 0.0846 e. The summed E-state index contributed by atoms with van der Waals surface area (Å²) in [5.41, 5.74) is 1.06. The lowest BCUT2D eigenvalue weighted by Crippen LogP contribution is -1.91. The van der Waals surface area contributed by atoms with Crippen LogP contribution in [0.4, 0.5) is 0 Å². The van der Waals surface area contributed by atoms with E-state index in [0.29, 0.717) is 0 Å². The molecule has 0 aromatic carbocycles. The van der Waals surface area contributed by atoms with Crippen molar-refractivity contribution in [1.82, 2.24) is 3.22 Å². The van der Waals surface area contributed by atoms with Gasteiger partial charge in [0.15, 0.2) is 0 Å². The van der Waals surface area contributed by atoms with E-state index in [2.05, 4.69) is 34.5 Å². The summed E-state index contributed by atoms with van der Waals surface area (Å²) in [6, 6.07) is 0. The van der Waals surface area contributed by atoms with Crippen LogP contribution in [0, 0.1) is 0 Å². The summed E-state index contributed by atoms with van der Waals surface area (Å²) in [6.07, 6.45) is 2.75. The molecule has 0 saturated carbocycles. The summed E-state index contributed by atoms with van der Waals surface area (Å²) in [6.45, 7) is 3.73. The minimum atomic E-state index is 0.906. The Hall–Kier alpha value is -0.0600. The molecule has 3 heteroatoms. The summed E-state index contributed by atoms with van der Waals surface area (Å²) in [4.78, 5) is 0. The minimum Gasteiger partial charge on any atom is -0.209 e. The summed E-state index contributed by atoms with van der Waals surface area (Å²) >= 11 is 2.09. The third-order valence-corrected chi connectivity index (χ3v) is 1.70. The SMILES string of the molecule is C=C1CC=NN1I. The molecule has 0 bridgehead atoms. The first-order valence-electron chi connectivity index (χ1n) is 1.97. The lowest BCUT2D eigenvalue weighted by Gasteiger charge is -2.00. The number of rotatable bonds is 0. The molecule has 1 aliphatic rings. The molecule has 1 heterocycles. The van der Waals surface area contributed by atoms with Crippen molar-refractivity contribution in [2.45, 2.75) is 6.42 Å². The van der Waals surface area contributed by atoms with Gasteiger partial charge in [-0.3, -0.25) is 0 Å². The van der Waals surface area contributed by atoms with Crippen LogP contribution in [0.25, 0.3) is 0 Å². The zero-order valence-corrected chi connectivity index (χ0v) is 5.92. The van der Waals surface area contributed by atoms with E-state index in [9.17, 15) is 0 Å². The van der Waals surface area contributed by atoms with Gasteiger partial charge in [0.25, 0.3) is 0 Å². The minimum absolute atomic E-state index is 0.906. The summed E-state index contributed by atoms with van der Waals surface area (Å²) in [5, 5.41) is 3.91. The van der Waals surface area contributed by atoms with Gasteiger partial charge in [-0.15, -0.1) is 0 Å². The van der Waals surface area contributed by atoms with Crippen LogP contribution in [0.1, 0.15) is 6.42 Å². The van der Waals surface area contributed by atoms with Gasteiger partial charge in [0, 0.05) is 18.3 Å². The summed E-state index contributed by atoms with van der Waals surface area (Å²) in [5.74, 6) is 0. The Morgan fingerprint density at radius 3 is 2.86 bits per heavy atom. The van der Waals surface area contributed by atoms with Crippen molar-refractivity contribution in [1.29, 1.82) is 0 Å². The lowest BCUT2D eigenvalue weighted by molar-refractivity contribution is 0.700. The first kappa shape index (κ1) is 5.08. The fourth-order valence-electron chi connectivity index (χ4n) is 0.375. The normalized spacial score (nSPS) is 19.0. The lowest BCUT2D eigenvalue weighted by atomic mass is 10.4. The summed E-state index contributed by atoms with van der Waals surface area (Å²) < 4.78 is 1.75. The van der Waals surface area contributed by atoms with E-state index < -0.39 is 0 Å². The monoisotopic (exact) mass is 208 g/mol. The van der Waals surface area contributed by atoms with Gasteiger partial charge >= 0.3 is 0 Å². The number of nitrogens with zero attached hydrogens (tertiary/aromatic N) is 2. The molecule has 2 nitrogen and oxygen atoms in total. The van der Waals surface area contributed by atoms with Gasteiger partial charge in [0.05, 0.1) is 22.9 Å². The van der Waals surface area contributed by atoms with E-state index in [1.165, 1.54) is 0 Å². The maximum atomic E-state index is 3.91. The molecule has 1 aliphatic heterocycles. The van der Waals surface area contributed by atoms with Gasteiger partial charge in [-0.05, 0) is 0 Å². The van der Waals surface area contributed by atoms with Gasteiger partial charge in [0.1, 0.15) is 0 Å². The van der Waals surface area contributed by atoms with Gasteiger partial charge < -0.3 is 0 Å². The first-order chi connectivity index (χ1) is 3.30. The Kier molecular flexibility index (Phi) is 1.32. The fraction of sp³-hybridized carbons (Fsp3) is 0.250. The van der Waals surface area contributed by atoms with Crippen molar-refractivity contribution in [3.63, 3.8) is 0 Å². The molecule has 0 saturated heterocycles. The van der Waals surface area contributed by atoms with Gasteiger partial charge in [-0.2, -0.15) is 5.10 Å². The van der Waals surface area contributed by atoms with E-state index in [1.54, 1.807) is 3.22 Å². The van der Waals surface area contributed by atoms with E-state index in [-0.39, 0.29) is 0 Å². The molecular formula is C4H5IN2. The molecule has 0 atom stereocenters. The van der Waals surface area contributed by atoms with Gasteiger partial charge in [-0.1, -0.05) is 6.58 Å². The Morgan fingerprint density at radius 1 is 2.00 bits per heavy atom. The van der Waals surface area contributed by atoms with Gasteiger partial charge in [-0.25, -0.2) is 3.22 Å². The average molecular weight is 208 g/mol. The Balaban J connectivity index is 2.62. The van der Waals surface area contributed by atoms with Crippen LogP contribution in [0.5, 0.6) is 0 Å². The molecule has 0 fully saturated rings. The van der Waals surface area contributed by atoms with Crippen molar-refractivity contribution in [2.24, 2.45) is 5.10 Å². The van der Waals surface area contributed by atoms with Crippen LogP contribution in [-0.2, 0) is 0 Å². The molecule has 0 radical (unpaired) electrons. The highest BCUT2D eigenvalue weighted by molar-refractivity contribution is 14.1. The molecular weight excluding hydrogens is 203 g/mol. The highest BCUT2D eigenvalue weighted by Gasteiger charge is 2.04. The first-order valence-corrected chi connectivity index (χ1v) is 2.93. The predicted octanol–water partition coefficient (Wildman–Crippen LogP) is 1.54. The third-order valence-electron chi connectivity index (χ3n) is 0.771. The summed E-state index contributed by atoms with van der Waals surface area (Å²) in [7, 11) is 0. The second kappa shape index (κ2) is 1.81. The molecule has 0 aromatic heterocycles. The maximum absolute atomic E-state index is 3.91. The zero-order chi connectivity index (χ0) is 5.28. The van der Waals surface area contributed by atoms with Crippen LogP contribution in [0.15, 0.2) is 17.4 Å². The predicted molar refractivity (Wildman–Crippen MR) is 38.1 cm³/mol. The Bertz CT molecular complexity index is 119. The molecule has 7 heavy (non-hydrogen) atoms. The fourth-order valence-corrected chi connectivity index (χ4v) is 0.748. The van der Waals surface area contributed by atoms with Crippen LogP contribution in [-0.4, -0.2) is 9.44 Å². The Morgan fingerprint density at radius 2 is 2.71 bits per heavy atom. The average Bonchev–Trinajstić information content (AvgIpc) is 1.91. The third kappa shape index (κ3) is 0.933. The quantitative estimate of drug-likeness (QED) is 0.435. The van der Waals surface area contributed by atoms with Gasteiger partial charge in [0.2, 0.25) is 0 Å². The van der Waals surface area contributed by atoms with Crippen LogP contribution in [0.2, 0.25) is 0 Å². The van der Waals surface area contributed by atoms with Crippen molar-refractivity contribution in [3.05, 3.63) is 12.3 Å². The molecule has 38 valence electrons. The molecule has 0 aliphatic carbocycles. The standard InChI is InChI=1S/C4H5IN2/c1-4-2-3-6-7(4)5/h3H,1-2H2. The van der Waals surface area contributed by atoms with E-state index in [0.717, 1.165) is 12.1 Å². The van der Waals surface area contributed by atoms with Crippen molar-refractivity contribution in [2.75, 3.05) is 0 Å². The van der Waals surface area contributed by atoms with E-state index in [1.807, 2.05) is 6.21 Å². The number of halogens is 1. The number of allylic oxidation sites excluding steroid dienone is 1. The van der Waals surface area contributed by atoms with Crippen molar-refractivity contribution < 1.29 is 0 Å². The van der Waals surface area contributed by atoms with Crippen molar-refractivity contribution >= 4 is 29.1 Å². The van der Waals surface area contributed by atoms with Crippen LogP contribution >= 0.6 is 22.9 Å². The van der Waals surface area contributed by atoms with Crippen molar-refractivity contribution in [3.8, 4) is 0 Å². The van der Waals surface area contributed by atoms with E-state index in [4.69, 9.17) is 0 Å². The molecule has 0 unspecified atom stereocenters. The molecule has 0 spiro atoms. The zero-order valence-electron chi connectivity index (χ0n) is 3.76. The highest BCUT2D eigenvalue weighted by Crippen LogP contribution is 2.16. The second-order valence-electron chi connectivity index (χ2n) is 1.33. The highest BCUT2D eigenvalue weighted by atomic mass is 127. The molecule has 0 amide bonds. The Labute approximate surface area is 56.4 Å².